The van der Waals surface area contributed by atoms with E-state index in [1.807, 2.05) is 24.3 Å². The van der Waals surface area contributed by atoms with Gasteiger partial charge in [0, 0.05) is 28.9 Å². The Labute approximate surface area is 104 Å². The molecule has 0 aliphatic heterocycles. The van der Waals surface area contributed by atoms with E-state index in [0.29, 0.717) is 0 Å². The van der Waals surface area contributed by atoms with Gasteiger partial charge in [-0.1, -0.05) is 39.9 Å². The molecular weight excluding hydrogens is 262 g/mol. The fourth-order valence-corrected chi connectivity index (χ4v) is 1.63. The van der Waals surface area contributed by atoms with Crippen LogP contribution in [0, 0.1) is 11.8 Å². The Morgan fingerprint density at radius 3 is 2.00 bits per heavy atom. The van der Waals surface area contributed by atoms with Crippen molar-refractivity contribution in [2.75, 3.05) is 0 Å². The molecule has 0 radical (unpaired) electrons. The van der Waals surface area contributed by atoms with Gasteiger partial charge in [-0.05, 0) is 29.8 Å². The molecule has 1 nitrogen and oxygen atoms in total. The molecule has 0 aliphatic carbocycles. The van der Waals surface area contributed by atoms with Crippen LogP contribution in [0.4, 0.5) is 0 Å². The zero-order valence-corrected chi connectivity index (χ0v) is 10.2. The SMILES string of the molecule is BrCc1ccc(C#Cc2ccncc2)cc1. The summed E-state index contributed by atoms with van der Waals surface area (Å²) in [6.45, 7) is 0. The lowest BCUT2D eigenvalue weighted by Crippen LogP contribution is -1.79. The minimum Gasteiger partial charge on any atom is -0.265 e. The predicted molar refractivity (Wildman–Crippen MR) is 69.3 cm³/mol. The van der Waals surface area contributed by atoms with Crippen molar-refractivity contribution in [3.63, 3.8) is 0 Å². The molecule has 78 valence electrons. The summed E-state index contributed by atoms with van der Waals surface area (Å²) in [6, 6.07) is 12.0. The highest BCUT2D eigenvalue weighted by Gasteiger charge is 1.89. The lowest BCUT2D eigenvalue weighted by Gasteiger charge is -1.94. The van der Waals surface area contributed by atoms with E-state index in [4.69, 9.17) is 0 Å². The molecule has 0 bridgehead atoms. The second-order valence-corrected chi connectivity index (χ2v) is 3.88. The fraction of sp³-hybridized carbons (Fsp3) is 0.0714. The Balaban J connectivity index is 2.18. The van der Waals surface area contributed by atoms with E-state index in [1.54, 1.807) is 12.4 Å². The number of hydrogen-bond acceptors (Lipinski definition) is 1. The molecule has 0 spiro atoms. The first-order valence-corrected chi connectivity index (χ1v) is 6.07. The molecule has 16 heavy (non-hydrogen) atoms. The average molecular weight is 272 g/mol. The first kappa shape index (κ1) is 10.9. The fourth-order valence-electron chi connectivity index (χ4n) is 1.26. The minimum atomic E-state index is 0.880. The highest BCUT2D eigenvalue weighted by Crippen LogP contribution is 2.07. The van der Waals surface area contributed by atoms with Gasteiger partial charge in [-0.15, -0.1) is 0 Å². The number of benzene rings is 1. The van der Waals surface area contributed by atoms with Crippen LogP contribution in [0.25, 0.3) is 0 Å². The van der Waals surface area contributed by atoms with Crippen molar-refractivity contribution < 1.29 is 0 Å². The summed E-state index contributed by atoms with van der Waals surface area (Å²) in [5.41, 5.74) is 3.27. The van der Waals surface area contributed by atoms with E-state index in [1.165, 1.54) is 5.56 Å². The van der Waals surface area contributed by atoms with Crippen molar-refractivity contribution in [2.45, 2.75) is 5.33 Å². The minimum absolute atomic E-state index is 0.880. The van der Waals surface area contributed by atoms with Crippen LogP contribution < -0.4 is 0 Å². The van der Waals surface area contributed by atoms with Crippen LogP contribution in [0.5, 0.6) is 0 Å². The lowest BCUT2D eigenvalue weighted by atomic mass is 10.1. The topological polar surface area (TPSA) is 12.9 Å². The number of hydrogen-bond donors (Lipinski definition) is 0. The monoisotopic (exact) mass is 271 g/mol. The summed E-state index contributed by atoms with van der Waals surface area (Å²) in [4.78, 5) is 3.95. The molecule has 1 heterocycles. The predicted octanol–water partition coefficient (Wildman–Crippen LogP) is 3.38. The van der Waals surface area contributed by atoms with Crippen LogP contribution in [0.2, 0.25) is 0 Å². The molecule has 0 amide bonds. The quantitative estimate of drug-likeness (QED) is 0.573. The standard InChI is InChI=1S/C14H10BrN/c15-11-14-5-3-12(4-6-14)1-2-13-7-9-16-10-8-13/h3-10H,11H2. The van der Waals surface area contributed by atoms with Crippen LogP contribution in [0.3, 0.4) is 0 Å². The third-order valence-corrected chi connectivity index (χ3v) is 2.79. The summed E-state index contributed by atoms with van der Waals surface area (Å²) in [5.74, 6) is 6.22. The van der Waals surface area contributed by atoms with Gasteiger partial charge >= 0.3 is 0 Å². The molecule has 2 rings (SSSR count). The molecule has 2 aromatic rings. The normalized spacial score (nSPS) is 9.31. The third kappa shape index (κ3) is 2.95. The Bertz CT molecular complexity index is 506. The summed E-state index contributed by atoms with van der Waals surface area (Å²) in [7, 11) is 0. The van der Waals surface area contributed by atoms with E-state index in [0.717, 1.165) is 16.5 Å². The van der Waals surface area contributed by atoms with Crippen molar-refractivity contribution >= 4 is 15.9 Å². The molecule has 0 aliphatic rings. The summed E-state index contributed by atoms with van der Waals surface area (Å²) in [6.07, 6.45) is 3.50. The van der Waals surface area contributed by atoms with Gasteiger partial charge in [0.25, 0.3) is 0 Å². The second-order valence-electron chi connectivity index (χ2n) is 3.32. The third-order valence-electron chi connectivity index (χ3n) is 2.14. The maximum Gasteiger partial charge on any atom is 0.0283 e. The van der Waals surface area contributed by atoms with Crippen LogP contribution in [0.15, 0.2) is 48.8 Å². The first-order valence-electron chi connectivity index (χ1n) is 4.95. The van der Waals surface area contributed by atoms with Crippen molar-refractivity contribution in [1.82, 2.24) is 4.98 Å². The molecule has 0 fully saturated rings. The maximum atomic E-state index is 3.95. The second kappa shape index (κ2) is 5.48. The number of aromatic nitrogens is 1. The van der Waals surface area contributed by atoms with E-state index in [-0.39, 0.29) is 0 Å². The van der Waals surface area contributed by atoms with E-state index in [9.17, 15) is 0 Å². The summed E-state index contributed by atoms with van der Waals surface area (Å²) >= 11 is 3.41. The van der Waals surface area contributed by atoms with E-state index in [2.05, 4.69) is 44.9 Å². The zero-order valence-electron chi connectivity index (χ0n) is 8.65. The molecule has 0 saturated carbocycles. The van der Waals surface area contributed by atoms with Gasteiger partial charge in [0.1, 0.15) is 0 Å². The van der Waals surface area contributed by atoms with Gasteiger partial charge < -0.3 is 0 Å². The lowest BCUT2D eigenvalue weighted by molar-refractivity contribution is 1.32. The Hall–Kier alpha value is -1.59. The number of pyridine rings is 1. The van der Waals surface area contributed by atoms with Crippen LogP contribution in [0.1, 0.15) is 16.7 Å². The molecule has 1 aromatic heterocycles. The zero-order chi connectivity index (χ0) is 11.2. The van der Waals surface area contributed by atoms with Gasteiger partial charge in [-0.25, -0.2) is 0 Å². The Kier molecular flexibility index (Phi) is 3.74. The number of halogens is 1. The highest BCUT2D eigenvalue weighted by molar-refractivity contribution is 9.08. The number of rotatable bonds is 1. The van der Waals surface area contributed by atoms with Crippen molar-refractivity contribution in [3.05, 3.63) is 65.5 Å². The Morgan fingerprint density at radius 2 is 1.44 bits per heavy atom. The van der Waals surface area contributed by atoms with Gasteiger partial charge in [-0.2, -0.15) is 0 Å². The van der Waals surface area contributed by atoms with Crippen molar-refractivity contribution in [2.24, 2.45) is 0 Å². The molecule has 2 heteroatoms. The molecule has 0 saturated heterocycles. The van der Waals surface area contributed by atoms with Gasteiger partial charge in [-0.3, -0.25) is 4.98 Å². The van der Waals surface area contributed by atoms with E-state index >= 15 is 0 Å². The van der Waals surface area contributed by atoms with Crippen molar-refractivity contribution in [1.29, 1.82) is 0 Å². The molecular formula is C14H10BrN. The van der Waals surface area contributed by atoms with Crippen LogP contribution in [-0.4, -0.2) is 4.98 Å². The summed E-state index contributed by atoms with van der Waals surface area (Å²) < 4.78 is 0. The number of nitrogens with zero attached hydrogens (tertiary/aromatic N) is 1. The van der Waals surface area contributed by atoms with E-state index < -0.39 is 0 Å². The highest BCUT2D eigenvalue weighted by atomic mass is 79.9. The van der Waals surface area contributed by atoms with Crippen LogP contribution in [-0.2, 0) is 5.33 Å². The average Bonchev–Trinajstić information content (AvgIpc) is 2.38. The van der Waals surface area contributed by atoms with Crippen molar-refractivity contribution in [3.8, 4) is 11.8 Å². The Morgan fingerprint density at radius 1 is 0.875 bits per heavy atom. The van der Waals surface area contributed by atoms with Gasteiger partial charge in [0.05, 0.1) is 0 Å². The number of alkyl halides is 1. The molecule has 0 atom stereocenters. The molecule has 1 aromatic carbocycles. The van der Waals surface area contributed by atoms with Gasteiger partial charge in [0.2, 0.25) is 0 Å². The molecule has 0 N–H and O–H groups in total. The smallest absolute Gasteiger partial charge is 0.0283 e. The maximum absolute atomic E-state index is 3.95. The van der Waals surface area contributed by atoms with Crippen LogP contribution >= 0.6 is 15.9 Å². The largest absolute Gasteiger partial charge is 0.265 e. The first-order chi connectivity index (χ1) is 7.88. The summed E-state index contributed by atoms with van der Waals surface area (Å²) in [5, 5.41) is 0.880. The van der Waals surface area contributed by atoms with Gasteiger partial charge in [0.15, 0.2) is 0 Å². The molecule has 0 unspecified atom stereocenters.